The standard InChI is InChI=1S/C8H6N2O2.K/c11-8-9-7(10-12-8)6-4-2-1-3-5-6;/h1-5H,(H,9,10,11);/q;+1/p-1. The van der Waals surface area contributed by atoms with E-state index in [-0.39, 0.29) is 51.4 Å². The Balaban J connectivity index is 0.000000845. The van der Waals surface area contributed by atoms with E-state index in [1.807, 2.05) is 30.3 Å². The fourth-order valence-electron chi connectivity index (χ4n) is 0.914. The van der Waals surface area contributed by atoms with Crippen molar-refractivity contribution in [2.24, 2.45) is 0 Å². The molecule has 0 unspecified atom stereocenters. The minimum Gasteiger partial charge on any atom is -0.528 e. The molecule has 0 saturated carbocycles. The smallest absolute Gasteiger partial charge is 0.528 e. The monoisotopic (exact) mass is 200 g/mol. The van der Waals surface area contributed by atoms with Gasteiger partial charge in [-0.3, -0.25) is 0 Å². The quantitative estimate of drug-likeness (QED) is 0.491. The number of aromatic nitrogens is 2. The van der Waals surface area contributed by atoms with Gasteiger partial charge in [-0.05, 0) is 0 Å². The van der Waals surface area contributed by atoms with Gasteiger partial charge in [-0.15, -0.1) is 0 Å². The van der Waals surface area contributed by atoms with Crippen LogP contribution in [0.4, 0.5) is 0 Å². The Morgan fingerprint density at radius 3 is 2.38 bits per heavy atom. The molecule has 60 valence electrons. The Morgan fingerprint density at radius 1 is 1.15 bits per heavy atom. The van der Waals surface area contributed by atoms with Crippen molar-refractivity contribution >= 4 is 0 Å². The number of rotatable bonds is 1. The summed E-state index contributed by atoms with van der Waals surface area (Å²) in [7, 11) is 0. The molecular weight excluding hydrogens is 195 g/mol. The first-order valence-corrected chi connectivity index (χ1v) is 3.42. The summed E-state index contributed by atoms with van der Waals surface area (Å²) in [5, 5.41) is 14.0. The van der Waals surface area contributed by atoms with Gasteiger partial charge in [0.1, 0.15) is 0 Å². The van der Waals surface area contributed by atoms with Gasteiger partial charge in [-0.1, -0.05) is 30.3 Å². The van der Waals surface area contributed by atoms with Crippen LogP contribution < -0.4 is 56.5 Å². The zero-order chi connectivity index (χ0) is 8.39. The molecule has 5 heteroatoms. The van der Waals surface area contributed by atoms with Crippen molar-refractivity contribution in [2.75, 3.05) is 0 Å². The van der Waals surface area contributed by atoms with E-state index in [9.17, 15) is 5.11 Å². The number of benzene rings is 1. The molecule has 4 nitrogen and oxygen atoms in total. The van der Waals surface area contributed by atoms with Crippen LogP contribution in [0.2, 0.25) is 0 Å². The Bertz CT molecular complexity index is 375. The number of nitrogens with zero attached hydrogens (tertiary/aromatic N) is 2. The third-order valence-electron chi connectivity index (χ3n) is 1.44. The van der Waals surface area contributed by atoms with E-state index < -0.39 is 6.08 Å². The Hall–Kier alpha value is -0.204. The van der Waals surface area contributed by atoms with Crippen molar-refractivity contribution in [2.45, 2.75) is 0 Å². The zero-order valence-electron chi connectivity index (χ0n) is 7.10. The van der Waals surface area contributed by atoms with E-state index in [0.29, 0.717) is 5.82 Å². The topological polar surface area (TPSA) is 62.0 Å². The van der Waals surface area contributed by atoms with Crippen molar-refractivity contribution in [3.63, 3.8) is 0 Å². The summed E-state index contributed by atoms with van der Waals surface area (Å²) in [5.74, 6) is 0.334. The van der Waals surface area contributed by atoms with Crippen molar-refractivity contribution in [1.29, 1.82) is 0 Å². The second-order valence-corrected chi connectivity index (χ2v) is 2.25. The molecule has 0 spiro atoms. The van der Waals surface area contributed by atoms with Gasteiger partial charge in [0.15, 0.2) is 11.9 Å². The molecule has 0 aliphatic rings. The number of hydrogen-bond donors (Lipinski definition) is 0. The first kappa shape index (κ1) is 10.9. The van der Waals surface area contributed by atoms with Gasteiger partial charge in [0.25, 0.3) is 0 Å². The third-order valence-corrected chi connectivity index (χ3v) is 1.44. The second-order valence-electron chi connectivity index (χ2n) is 2.25. The number of hydrogen-bond acceptors (Lipinski definition) is 4. The molecule has 2 rings (SSSR count). The Labute approximate surface area is 117 Å². The van der Waals surface area contributed by atoms with Crippen LogP contribution in [0.25, 0.3) is 11.4 Å². The summed E-state index contributed by atoms with van der Waals surface area (Å²) >= 11 is 0. The molecule has 1 aromatic carbocycles. The minimum absolute atomic E-state index is 0. The van der Waals surface area contributed by atoms with Crippen LogP contribution in [-0.4, -0.2) is 10.1 Å². The van der Waals surface area contributed by atoms with Gasteiger partial charge in [0.2, 0.25) is 0 Å². The van der Waals surface area contributed by atoms with E-state index in [2.05, 4.69) is 14.7 Å². The van der Waals surface area contributed by atoms with Crippen LogP contribution in [0.3, 0.4) is 0 Å². The molecule has 2 aromatic rings. The van der Waals surface area contributed by atoms with Gasteiger partial charge in [0.05, 0.1) is 0 Å². The molecule has 0 aliphatic heterocycles. The summed E-state index contributed by atoms with van der Waals surface area (Å²) in [5.41, 5.74) is 0.781. The van der Waals surface area contributed by atoms with Crippen molar-refractivity contribution in [3.05, 3.63) is 30.3 Å². The maximum absolute atomic E-state index is 10.5. The van der Waals surface area contributed by atoms with E-state index in [1.165, 1.54) is 0 Å². The average molecular weight is 200 g/mol. The molecule has 1 aromatic heterocycles. The summed E-state index contributed by atoms with van der Waals surface area (Å²) in [4.78, 5) is 3.55. The molecule has 0 bridgehead atoms. The average Bonchev–Trinajstić information content (AvgIpc) is 2.54. The molecule has 0 aliphatic carbocycles. The van der Waals surface area contributed by atoms with E-state index in [0.717, 1.165) is 5.56 Å². The van der Waals surface area contributed by atoms with Gasteiger partial charge in [0, 0.05) is 5.56 Å². The van der Waals surface area contributed by atoms with Crippen molar-refractivity contribution in [3.8, 4) is 17.5 Å². The predicted molar refractivity (Wildman–Crippen MR) is 39.2 cm³/mol. The maximum Gasteiger partial charge on any atom is 1.00 e. The van der Waals surface area contributed by atoms with E-state index in [1.54, 1.807) is 0 Å². The summed E-state index contributed by atoms with van der Waals surface area (Å²) in [6.07, 6.45) is -0.658. The van der Waals surface area contributed by atoms with Crippen molar-refractivity contribution in [1.82, 2.24) is 10.1 Å². The van der Waals surface area contributed by atoms with Crippen molar-refractivity contribution < 1.29 is 61.0 Å². The van der Waals surface area contributed by atoms with Crippen LogP contribution in [0.15, 0.2) is 34.9 Å². The van der Waals surface area contributed by atoms with Crippen LogP contribution in [0.1, 0.15) is 0 Å². The van der Waals surface area contributed by atoms with E-state index >= 15 is 0 Å². The fraction of sp³-hybridized carbons (Fsp3) is 0. The first-order chi connectivity index (χ1) is 5.86. The van der Waals surface area contributed by atoms with E-state index in [4.69, 9.17) is 0 Å². The minimum atomic E-state index is -0.658. The zero-order valence-corrected chi connectivity index (χ0v) is 10.2. The summed E-state index contributed by atoms with van der Waals surface area (Å²) < 4.78 is 4.30. The maximum atomic E-state index is 10.5. The third kappa shape index (κ3) is 2.62. The SMILES string of the molecule is [K+].[O-]c1nc(-c2ccccc2)no1. The van der Waals surface area contributed by atoms with Gasteiger partial charge in [-0.2, -0.15) is 5.16 Å². The first-order valence-electron chi connectivity index (χ1n) is 3.42. The normalized spacial score (nSPS) is 9.23. The molecule has 1 heterocycles. The molecule has 0 amide bonds. The van der Waals surface area contributed by atoms with Crippen LogP contribution in [0.5, 0.6) is 6.08 Å². The van der Waals surface area contributed by atoms with Gasteiger partial charge >= 0.3 is 51.4 Å². The predicted octanol–water partition coefficient (Wildman–Crippen LogP) is -2.19. The largest absolute Gasteiger partial charge is 1.00 e. The Kier molecular flexibility index (Phi) is 4.08. The van der Waals surface area contributed by atoms with Crippen LogP contribution in [0, 0.1) is 0 Å². The molecule has 0 atom stereocenters. The second kappa shape index (κ2) is 4.87. The molecule has 13 heavy (non-hydrogen) atoms. The molecule has 0 fully saturated rings. The Morgan fingerprint density at radius 2 is 1.85 bits per heavy atom. The van der Waals surface area contributed by atoms with Gasteiger partial charge in [-0.25, -0.2) is 4.98 Å². The van der Waals surface area contributed by atoms with Crippen LogP contribution >= 0.6 is 0 Å². The molecular formula is C8H5KN2O2. The van der Waals surface area contributed by atoms with Gasteiger partial charge < -0.3 is 9.63 Å². The molecule has 0 N–H and O–H groups in total. The van der Waals surface area contributed by atoms with Crippen LogP contribution in [-0.2, 0) is 0 Å². The molecule has 0 saturated heterocycles. The summed E-state index contributed by atoms with van der Waals surface area (Å²) in [6.45, 7) is 0. The summed E-state index contributed by atoms with van der Waals surface area (Å²) in [6, 6.07) is 9.18. The fourth-order valence-corrected chi connectivity index (χ4v) is 0.914. The molecule has 0 radical (unpaired) electrons.